The van der Waals surface area contributed by atoms with Crippen LogP contribution in [0.3, 0.4) is 0 Å². The monoisotopic (exact) mass is 376 g/mol. The van der Waals surface area contributed by atoms with Gasteiger partial charge in [0.05, 0.1) is 6.42 Å². The minimum Gasteiger partial charge on any atom is -0.342 e. The quantitative estimate of drug-likeness (QED) is 0.786. The summed E-state index contributed by atoms with van der Waals surface area (Å²) < 4.78 is 0. The Kier molecular flexibility index (Phi) is 5.82. The fourth-order valence-electron chi connectivity index (χ4n) is 4.25. The molecule has 0 aliphatic carbocycles. The zero-order valence-electron chi connectivity index (χ0n) is 15.9. The summed E-state index contributed by atoms with van der Waals surface area (Å²) in [5, 5.41) is 0. The molecular formula is C19H28N4O4. The van der Waals surface area contributed by atoms with E-state index in [1.165, 1.54) is 6.20 Å². The van der Waals surface area contributed by atoms with Gasteiger partial charge in [0, 0.05) is 49.8 Å². The van der Waals surface area contributed by atoms with Gasteiger partial charge in [0.15, 0.2) is 0 Å². The van der Waals surface area contributed by atoms with Crippen molar-refractivity contribution in [2.45, 2.75) is 51.9 Å². The van der Waals surface area contributed by atoms with Crippen molar-refractivity contribution in [3.05, 3.63) is 32.6 Å². The third kappa shape index (κ3) is 4.48. The van der Waals surface area contributed by atoms with Gasteiger partial charge in [-0.15, -0.1) is 0 Å². The molecule has 148 valence electrons. The number of piperidine rings is 2. The molecule has 8 nitrogen and oxygen atoms in total. The number of carbonyl (C=O) groups excluding carboxylic acids is 2. The first kappa shape index (κ1) is 19.4. The van der Waals surface area contributed by atoms with Crippen LogP contribution in [0.4, 0.5) is 0 Å². The molecule has 3 heterocycles. The van der Waals surface area contributed by atoms with E-state index < -0.39 is 11.2 Å². The van der Waals surface area contributed by atoms with Crippen LogP contribution in [0.5, 0.6) is 0 Å². The highest BCUT2D eigenvalue weighted by Crippen LogP contribution is 2.39. The molecule has 1 aromatic rings. The van der Waals surface area contributed by atoms with E-state index in [-0.39, 0.29) is 29.2 Å². The predicted octanol–water partition coefficient (Wildman–Crippen LogP) is 0.637. The van der Waals surface area contributed by atoms with Gasteiger partial charge in [-0.2, -0.15) is 0 Å². The maximum Gasteiger partial charge on any atom is 0.325 e. The number of hydrogen-bond donors (Lipinski definition) is 2. The highest BCUT2D eigenvalue weighted by molar-refractivity contribution is 5.79. The average Bonchev–Trinajstić information content (AvgIpc) is 2.65. The van der Waals surface area contributed by atoms with Crippen LogP contribution in [0.2, 0.25) is 0 Å². The van der Waals surface area contributed by atoms with Crippen molar-refractivity contribution in [1.29, 1.82) is 0 Å². The number of aromatic amines is 2. The summed E-state index contributed by atoms with van der Waals surface area (Å²) in [6.07, 6.45) is 6.62. The zero-order valence-corrected chi connectivity index (χ0v) is 15.9. The largest absolute Gasteiger partial charge is 0.342 e. The van der Waals surface area contributed by atoms with Crippen molar-refractivity contribution in [3.8, 4) is 0 Å². The van der Waals surface area contributed by atoms with Crippen molar-refractivity contribution in [1.82, 2.24) is 19.8 Å². The van der Waals surface area contributed by atoms with Gasteiger partial charge in [0.2, 0.25) is 11.8 Å². The number of rotatable bonds is 5. The Morgan fingerprint density at radius 2 is 2.04 bits per heavy atom. The minimum absolute atomic E-state index is 0.0271. The van der Waals surface area contributed by atoms with Crippen LogP contribution in [-0.2, 0) is 16.0 Å². The van der Waals surface area contributed by atoms with Crippen LogP contribution < -0.4 is 11.2 Å². The number of likely N-dealkylation sites (tertiary alicyclic amines) is 2. The molecule has 0 saturated carbocycles. The van der Waals surface area contributed by atoms with Crippen molar-refractivity contribution < 1.29 is 9.59 Å². The van der Waals surface area contributed by atoms with Crippen LogP contribution in [0.25, 0.3) is 0 Å². The molecule has 1 atom stereocenters. The Morgan fingerprint density at radius 3 is 2.78 bits per heavy atom. The lowest BCUT2D eigenvalue weighted by atomic mass is 9.73. The lowest BCUT2D eigenvalue weighted by molar-refractivity contribution is -0.142. The molecule has 1 spiro atoms. The highest BCUT2D eigenvalue weighted by Gasteiger charge is 2.42. The third-order valence-electron chi connectivity index (χ3n) is 5.78. The minimum atomic E-state index is -0.577. The Bertz CT molecular complexity index is 814. The average molecular weight is 376 g/mol. The molecule has 0 radical (unpaired) electrons. The van der Waals surface area contributed by atoms with Crippen LogP contribution in [-0.4, -0.2) is 57.8 Å². The van der Waals surface area contributed by atoms with Crippen molar-refractivity contribution in [2.24, 2.45) is 5.41 Å². The lowest BCUT2D eigenvalue weighted by Gasteiger charge is -2.48. The van der Waals surface area contributed by atoms with Gasteiger partial charge in [-0.3, -0.25) is 19.4 Å². The van der Waals surface area contributed by atoms with Crippen LogP contribution in [0.1, 0.15) is 51.0 Å². The number of aromatic nitrogens is 2. The second kappa shape index (κ2) is 8.10. The Hall–Kier alpha value is -2.38. The van der Waals surface area contributed by atoms with Gasteiger partial charge in [-0.25, -0.2) is 4.79 Å². The number of nitrogens with one attached hydrogen (secondary N) is 2. The van der Waals surface area contributed by atoms with E-state index in [0.717, 1.165) is 45.2 Å². The molecule has 2 saturated heterocycles. The molecule has 2 amide bonds. The summed E-state index contributed by atoms with van der Waals surface area (Å²) in [5.41, 5.74) is -0.866. The van der Waals surface area contributed by atoms with E-state index in [9.17, 15) is 19.2 Å². The van der Waals surface area contributed by atoms with E-state index in [2.05, 4.69) is 16.9 Å². The number of nitrogens with zero attached hydrogens (tertiary/aromatic N) is 2. The fourth-order valence-corrected chi connectivity index (χ4v) is 4.25. The topological polar surface area (TPSA) is 106 Å². The molecule has 2 aliphatic rings. The summed E-state index contributed by atoms with van der Waals surface area (Å²) in [6, 6.07) is 0. The molecule has 0 aromatic carbocycles. The molecule has 2 fully saturated rings. The summed E-state index contributed by atoms with van der Waals surface area (Å²) in [6.45, 7) is 4.92. The number of amides is 2. The van der Waals surface area contributed by atoms with Crippen LogP contribution in [0.15, 0.2) is 15.8 Å². The van der Waals surface area contributed by atoms with Gasteiger partial charge >= 0.3 is 5.69 Å². The normalized spacial score (nSPS) is 23.1. The highest BCUT2D eigenvalue weighted by atomic mass is 16.2. The number of hydrogen-bond acceptors (Lipinski definition) is 4. The summed E-state index contributed by atoms with van der Waals surface area (Å²) >= 11 is 0. The standard InChI is InChI=1S/C19H28N4O4/c1-2-3-8-22-12-19(7-5-15(22)24)6-4-9-23(13-19)16(25)10-14-11-20-18(27)21-17(14)26/h11H,2-10,12-13H2,1H3,(H2,20,21,26,27)/t19-/m1/s1. The van der Waals surface area contributed by atoms with E-state index in [1.54, 1.807) is 0 Å². The lowest BCUT2D eigenvalue weighted by Crippen LogP contribution is -2.55. The molecule has 0 unspecified atom stereocenters. The van der Waals surface area contributed by atoms with Crippen LogP contribution in [0, 0.1) is 5.41 Å². The van der Waals surface area contributed by atoms with Gasteiger partial charge in [0.1, 0.15) is 0 Å². The number of unbranched alkanes of at least 4 members (excludes halogenated alkanes) is 1. The molecule has 1 aromatic heterocycles. The second-order valence-corrected chi connectivity index (χ2v) is 7.86. The molecule has 8 heteroatoms. The molecule has 3 rings (SSSR count). The van der Waals surface area contributed by atoms with Crippen molar-refractivity contribution in [3.63, 3.8) is 0 Å². The smallest absolute Gasteiger partial charge is 0.325 e. The van der Waals surface area contributed by atoms with Gasteiger partial charge in [-0.1, -0.05) is 13.3 Å². The molecule has 0 bridgehead atoms. The fraction of sp³-hybridized carbons (Fsp3) is 0.684. The first-order valence-corrected chi connectivity index (χ1v) is 9.79. The Balaban J connectivity index is 1.67. The van der Waals surface area contributed by atoms with Crippen LogP contribution >= 0.6 is 0 Å². The van der Waals surface area contributed by atoms with Crippen molar-refractivity contribution >= 4 is 11.8 Å². The summed E-state index contributed by atoms with van der Waals surface area (Å²) in [7, 11) is 0. The van der Waals surface area contributed by atoms with E-state index >= 15 is 0 Å². The first-order chi connectivity index (χ1) is 12.9. The maximum atomic E-state index is 12.7. The maximum absolute atomic E-state index is 12.7. The Morgan fingerprint density at radius 1 is 1.22 bits per heavy atom. The zero-order chi connectivity index (χ0) is 19.4. The Labute approximate surface area is 157 Å². The van der Waals surface area contributed by atoms with E-state index in [4.69, 9.17) is 0 Å². The summed E-state index contributed by atoms with van der Waals surface area (Å²) in [4.78, 5) is 56.3. The first-order valence-electron chi connectivity index (χ1n) is 9.79. The molecule has 2 N–H and O–H groups in total. The SMILES string of the molecule is CCCCN1C[C@@]2(CCCN(C(=O)Cc3c[nH]c(=O)[nH]c3=O)C2)CCC1=O. The van der Waals surface area contributed by atoms with E-state index in [1.807, 2.05) is 9.80 Å². The van der Waals surface area contributed by atoms with Gasteiger partial charge < -0.3 is 14.8 Å². The second-order valence-electron chi connectivity index (χ2n) is 7.86. The number of carbonyl (C=O) groups is 2. The van der Waals surface area contributed by atoms with Gasteiger partial charge in [0.25, 0.3) is 5.56 Å². The molecule has 27 heavy (non-hydrogen) atoms. The molecule has 2 aliphatic heterocycles. The third-order valence-corrected chi connectivity index (χ3v) is 5.78. The van der Waals surface area contributed by atoms with Gasteiger partial charge in [-0.05, 0) is 25.7 Å². The van der Waals surface area contributed by atoms with E-state index in [0.29, 0.717) is 19.5 Å². The number of H-pyrrole nitrogens is 2. The van der Waals surface area contributed by atoms with Crippen molar-refractivity contribution in [2.75, 3.05) is 26.2 Å². The predicted molar refractivity (Wildman–Crippen MR) is 100 cm³/mol. The summed E-state index contributed by atoms with van der Waals surface area (Å²) in [5.74, 6) is 0.112. The molecular weight excluding hydrogens is 348 g/mol.